The van der Waals surface area contributed by atoms with Gasteiger partial charge in [-0.3, -0.25) is 0 Å². The van der Waals surface area contributed by atoms with E-state index in [1.165, 1.54) is 16.0 Å². The fourth-order valence-corrected chi connectivity index (χ4v) is 5.49. The fraction of sp³-hybridized carbons (Fsp3) is 0.519. The molecule has 0 spiro atoms. The summed E-state index contributed by atoms with van der Waals surface area (Å²) in [5.74, 6) is -0.913. The van der Waals surface area contributed by atoms with E-state index in [4.69, 9.17) is 4.74 Å². The minimum atomic E-state index is -0.951. The first-order valence-corrected chi connectivity index (χ1v) is 12.0. The number of hydrogen-bond donors (Lipinski definition) is 1. The van der Waals surface area contributed by atoms with Crippen LogP contribution in [-0.4, -0.2) is 16.7 Å². The maximum atomic E-state index is 12.3. The minimum Gasteiger partial charge on any atom is -0.479 e. The second-order valence-electron chi connectivity index (χ2n) is 10.4. The van der Waals surface area contributed by atoms with Gasteiger partial charge in [-0.2, -0.15) is 0 Å². The summed E-state index contributed by atoms with van der Waals surface area (Å²) in [6, 6.07) is 10.5. The molecular weight excluding hydrogens is 404 g/mol. The highest BCUT2D eigenvalue weighted by Gasteiger charge is 2.34. The molecule has 0 amide bonds. The Labute approximate surface area is 191 Å². The summed E-state index contributed by atoms with van der Waals surface area (Å²) in [5.41, 5.74) is 4.37. The van der Waals surface area contributed by atoms with Crippen molar-refractivity contribution in [2.24, 2.45) is 5.41 Å². The Bertz CT molecular complexity index is 945. The molecule has 0 saturated carbocycles. The van der Waals surface area contributed by atoms with Crippen LogP contribution in [0.3, 0.4) is 0 Å². The van der Waals surface area contributed by atoms with E-state index >= 15 is 0 Å². The lowest BCUT2D eigenvalue weighted by atomic mass is 9.76. The van der Waals surface area contributed by atoms with Gasteiger partial charge in [0.15, 0.2) is 6.10 Å². The van der Waals surface area contributed by atoms with E-state index in [0.29, 0.717) is 5.41 Å². The van der Waals surface area contributed by atoms with E-state index in [-0.39, 0.29) is 0 Å². The van der Waals surface area contributed by atoms with Crippen LogP contribution in [0.4, 0.5) is 0 Å². The van der Waals surface area contributed by atoms with Crippen molar-refractivity contribution in [3.8, 4) is 0 Å². The molecule has 4 heteroatoms. The Morgan fingerprint density at radius 1 is 1.19 bits per heavy atom. The van der Waals surface area contributed by atoms with Crippen LogP contribution in [0.15, 0.2) is 36.4 Å². The zero-order valence-corrected chi connectivity index (χ0v) is 20.6. The van der Waals surface area contributed by atoms with Crippen molar-refractivity contribution in [3.05, 3.63) is 62.9 Å². The Hall–Kier alpha value is -1.91. The number of thiophene rings is 1. The third kappa shape index (κ3) is 6.08. The monoisotopic (exact) mass is 440 g/mol. The van der Waals surface area contributed by atoms with E-state index < -0.39 is 17.7 Å². The van der Waals surface area contributed by atoms with Crippen molar-refractivity contribution >= 4 is 22.9 Å². The number of ether oxygens (including phenoxy) is 1. The Balaban J connectivity index is 2.06. The molecule has 3 nitrogen and oxygen atoms in total. The number of carboxylic acid groups (broad SMARTS) is 1. The molecule has 168 valence electrons. The van der Waals surface area contributed by atoms with Crippen LogP contribution in [0.5, 0.6) is 0 Å². The predicted molar refractivity (Wildman–Crippen MR) is 130 cm³/mol. The van der Waals surface area contributed by atoms with Gasteiger partial charge in [0.25, 0.3) is 0 Å². The summed E-state index contributed by atoms with van der Waals surface area (Å²) >= 11 is 1.74. The third-order valence-corrected chi connectivity index (χ3v) is 7.12. The van der Waals surface area contributed by atoms with E-state index in [9.17, 15) is 9.90 Å². The summed E-state index contributed by atoms with van der Waals surface area (Å²) in [7, 11) is 0. The van der Waals surface area contributed by atoms with Crippen LogP contribution < -0.4 is 0 Å². The molecule has 31 heavy (non-hydrogen) atoms. The molecule has 1 aliphatic rings. The molecule has 0 radical (unpaired) electrons. The molecule has 1 atom stereocenters. The van der Waals surface area contributed by atoms with E-state index in [1.807, 2.05) is 33.8 Å². The van der Waals surface area contributed by atoms with Gasteiger partial charge in [-0.25, -0.2) is 4.79 Å². The number of hydrogen-bond acceptors (Lipinski definition) is 3. The Kier molecular flexibility index (Phi) is 7.12. The maximum absolute atomic E-state index is 12.3. The molecule has 0 aliphatic heterocycles. The fourth-order valence-electron chi connectivity index (χ4n) is 4.25. The van der Waals surface area contributed by atoms with E-state index in [0.717, 1.165) is 48.1 Å². The van der Waals surface area contributed by atoms with Crippen molar-refractivity contribution in [1.29, 1.82) is 0 Å². The summed E-state index contributed by atoms with van der Waals surface area (Å²) in [4.78, 5) is 14.7. The lowest BCUT2D eigenvalue weighted by Crippen LogP contribution is -2.28. The van der Waals surface area contributed by atoms with Crippen LogP contribution in [0, 0.1) is 12.3 Å². The van der Waals surface area contributed by atoms with Crippen molar-refractivity contribution in [2.45, 2.75) is 85.4 Å². The second kappa shape index (κ2) is 9.30. The highest BCUT2D eigenvalue weighted by molar-refractivity contribution is 7.12. The van der Waals surface area contributed by atoms with Gasteiger partial charge in [-0.05, 0) is 81.9 Å². The SMILES string of the molecule is Cc1sc(CCc2ccccc2)c(C2=CCC(C)(C)CC2)c1C(OC(C)(C)C)C(=O)O. The molecule has 0 fully saturated rings. The van der Waals surface area contributed by atoms with Crippen molar-refractivity contribution in [2.75, 3.05) is 0 Å². The normalized spacial score (nSPS) is 17.3. The first kappa shape index (κ1) is 23.7. The molecule has 1 unspecified atom stereocenters. The quantitative estimate of drug-likeness (QED) is 0.489. The number of aryl methyl sites for hydroxylation is 3. The minimum absolute atomic E-state index is 0.299. The zero-order valence-electron chi connectivity index (χ0n) is 19.7. The van der Waals surface area contributed by atoms with E-state index in [2.05, 4.69) is 44.2 Å². The number of aliphatic carboxylic acids is 1. The summed E-state index contributed by atoms with van der Waals surface area (Å²) in [6.07, 6.45) is 6.37. The highest BCUT2D eigenvalue weighted by atomic mass is 32.1. The predicted octanol–water partition coefficient (Wildman–Crippen LogP) is 7.38. The number of carboxylic acids is 1. The van der Waals surface area contributed by atoms with Gasteiger partial charge in [-0.1, -0.05) is 50.3 Å². The van der Waals surface area contributed by atoms with Gasteiger partial charge >= 0.3 is 5.97 Å². The first-order valence-electron chi connectivity index (χ1n) is 11.2. The average Bonchev–Trinajstić information content (AvgIpc) is 3.00. The summed E-state index contributed by atoms with van der Waals surface area (Å²) in [6.45, 7) is 12.4. The summed E-state index contributed by atoms with van der Waals surface area (Å²) < 4.78 is 6.09. The topological polar surface area (TPSA) is 46.5 Å². The largest absolute Gasteiger partial charge is 0.479 e. The zero-order chi connectivity index (χ0) is 22.8. The smallest absolute Gasteiger partial charge is 0.337 e. The average molecular weight is 441 g/mol. The Morgan fingerprint density at radius 3 is 2.42 bits per heavy atom. The van der Waals surface area contributed by atoms with Crippen LogP contribution in [0.25, 0.3) is 5.57 Å². The molecule has 1 aliphatic carbocycles. The first-order chi connectivity index (χ1) is 14.5. The van der Waals surface area contributed by atoms with Crippen molar-refractivity contribution < 1.29 is 14.6 Å². The van der Waals surface area contributed by atoms with Gasteiger partial charge in [0, 0.05) is 15.3 Å². The lowest BCUT2D eigenvalue weighted by molar-refractivity contribution is -0.160. The van der Waals surface area contributed by atoms with Crippen molar-refractivity contribution in [1.82, 2.24) is 0 Å². The number of benzene rings is 1. The highest BCUT2D eigenvalue weighted by Crippen LogP contribution is 2.45. The summed E-state index contributed by atoms with van der Waals surface area (Å²) in [5, 5.41) is 10.1. The molecule has 3 rings (SSSR count). The van der Waals surface area contributed by atoms with Gasteiger partial charge in [0.1, 0.15) is 0 Å². The van der Waals surface area contributed by atoms with Crippen LogP contribution in [-0.2, 0) is 22.4 Å². The molecule has 1 N–H and O–H groups in total. The second-order valence-corrected chi connectivity index (χ2v) is 11.7. The van der Waals surface area contributed by atoms with Crippen molar-refractivity contribution in [3.63, 3.8) is 0 Å². The lowest BCUT2D eigenvalue weighted by Gasteiger charge is -2.31. The molecule has 2 aromatic rings. The van der Waals surface area contributed by atoms with E-state index in [1.54, 1.807) is 11.3 Å². The third-order valence-electron chi connectivity index (χ3n) is 5.94. The van der Waals surface area contributed by atoms with Gasteiger partial charge in [-0.15, -0.1) is 11.3 Å². The van der Waals surface area contributed by atoms with Gasteiger partial charge < -0.3 is 9.84 Å². The maximum Gasteiger partial charge on any atom is 0.337 e. The number of rotatable bonds is 7. The number of carbonyl (C=O) groups is 1. The molecule has 1 aromatic heterocycles. The molecule has 0 bridgehead atoms. The molecule has 1 heterocycles. The molecule has 1 aromatic carbocycles. The molecule has 0 saturated heterocycles. The van der Waals surface area contributed by atoms with Crippen LogP contribution in [0.2, 0.25) is 0 Å². The number of allylic oxidation sites excluding steroid dienone is 2. The Morgan fingerprint density at radius 2 is 1.87 bits per heavy atom. The van der Waals surface area contributed by atoms with Gasteiger partial charge in [0.05, 0.1) is 5.60 Å². The van der Waals surface area contributed by atoms with Crippen LogP contribution in [0.1, 0.15) is 86.4 Å². The van der Waals surface area contributed by atoms with Crippen LogP contribution >= 0.6 is 11.3 Å². The standard InChI is InChI=1S/C27H36O3S/c1-18-22(24(25(28)29)30-26(2,3)4)23(20-14-16-27(5,6)17-15-20)21(31-18)13-12-19-10-8-7-9-11-19/h7-11,14,24H,12-13,15-17H2,1-6H3,(H,28,29). The van der Waals surface area contributed by atoms with Gasteiger partial charge in [0.2, 0.25) is 0 Å². The molecular formula is C27H36O3S.